The van der Waals surface area contributed by atoms with Crippen LogP contribution in [0.25, 0.3) is 0 Å². The van der Waals surface area contributed by atoms with Gasteiger partial charge < -0.3 is 21.5 Å². The van der Waals surface area contributed by atoms with Gasteiger partial charge in [-0.25, -0.2) is 4.79 Å². The lowest BCUT2D eigenvalue weighted by molar-refractivity contribution is 0.0693. The first-order valence-electron chi connectivity index (χ1n) is 2.86. The van der Waals surface area contributed by atoms with Crippen LogP contribution in [-0.4, -0.2) is 21.3 Å². The van der Waals surface area contributed by atoms with Gasteiger partial charge in [0.2, 0.25) is 0 Å². The Morgan fingerprint density at radius 3 is 2.25 bits per heavy atom. The van der Waals surface area contributed by atoms with E-state index in [1.54, 1.807) is 0 Å². The van der Waals surface area contributed by atoms with Crippen LogP contribution in [-0.2, 0) is 0 Å². The van der Waals surface area contributed by atoms with Crippen LogP contribution in [0.1, 0.15) is 10.4 Å². The summed E-state index contributed by atoms with van der Waals surface area (Å²) in [5.74, 6) is -1.80. The zero-order chi connectivity index (χ0) is 8.43. The van der Waals surface area contributed by atoms with E-state index in [1.165, 1.54) is 6.07 Å². The van der Waals surface area contributed by atoms with Crippen molar-refractivity contribution in [3.05, 3.63) is 23.8 Å². The topological polar surface area (TPSA) is 114 Å². The SMILES string of the molecule is O=C(O)c1cc(O)ccc1O.[NH4+]. The molecule has 5 nitrogen and oxygen atoms in total. The molecule has 5 heteroatoms. The Morgan fingerprint density at radius 2 is 1.83 bits per heavy atom. The molecule has 0 aromatic heterocycles. The largest absolute Gasteiger partial charge is 0.508 e. The second-order valence-electron chi connectivity index (χ2n) is 2.01. The lowest BCUT2D eigenvalue weighted by Crippen LogP contribution is -1.95. The van der Waals surface area contributed by atoms with Crippen molar-refractivity contribution in [3.8, 4) is 11.5 Å². The van der Waals surface area contributed by atoms with E-state index >= 15 is 0 Å². The molecule has 7 N–H and O–H groups in total. The summed E-state index contributed by atoms with van der Waals surface area (Å²) in [5.41, 5.74) is -0.301. The quantitative estimate of drug-likeness (QED) is 0.476. The molecule has 0 amide bonds. The Hall–Kier alpha value is -1.75. The summed E-state index contributed by atoms with van der Waals surface area (Å²) in [6, 6.07) is 3.32. The van der Waals surface area contributed by atoms with Gasteiger partial charge >= 0.3 is 5.97 Å². The van der Waals surface area contributed by atoms with Crippen LogP contribution in [0, 0.1) is 0 Å². The molecule has 0 aliphatic carbocycles. The monoisotopic (exact) mass is 172 g/mol. The Balaban J connectivity index is 0.00000121. The van der Waals surface area contributed by atoms with E-state index in [9.17, 15) is 4.79 Å². The first kappa shape index (κ1) is 10.2. The van der Waals surface area contributed by atoms with Crippen molar-refractivity contribution >= 4 is 5.97 Å². The number of aromatic carboxylic acids is 1. The van der Waals surface area contributed by atoms with Crippen LogP contribution in [0.15, 0.2) is 18.2 Å². The van der Waals surface area contributed by atoms with Gasteiger partial charge in [-0.1, -0.05) is 0 Å². The van der Waals surface area contributed by atoms with Crippen molar-refractivity contribution in [1.29, 1.82) is 0 Å². The molecule has 0 radical (unpaired) electrons. The van der Waals surface area contributed by atoms with Gasteiger partial charge in [-0.15, -0.1) is 0 Å². The van der Waals surface area contributed by atoms with Crippen LogP contribution >= 0.6 is 0 Å². The van der Waals surface area contributed by atoms with Crippen molar-refractivity contribution < 1.29 is 20.1 Å². The molecule has 1 rings (SSSR count). The fourth-order valence-corrected chi connectivity index (χ4v) is 0.695. The highest BCUT2D eigenvalue weighted by molar-refractivity contribution is 5.91. The number of carboxylic acids is 1. The molecule has 0 heterocycles. The molecule has 0 bridgehead atoms. The van der Waals surface area contributed by atoms with Crippen LogP contribution in [0.2, 0.25) is 0 Å². The molecule has 12 heavy (non-hydrogen) atoms. The second-order valence-corrected chi connectivity index (χ2v) is 2.01. The lowest BCUT2D eigenvalue weighted by Gasteiger charge is -1.98. The highest BCUT2D eigenvalue weighted by Crippen LogP contribution is 2.21. The third-order valence-corrected chi connectivity index (χ3v) is 1.21. The number of carbonyl (C=O) groups is 1. The fourth-order valence-electron chi connectivity index (χ4n) is 0.695. The maximum atomic E-state index is 10.3. The molecule has 0 aliphatic rings. The fraction of sp³-hybridized carbons (Fsp3) is 0. The summed E-state index contributed by atoms with van der Waals surface area (Å²) in [6.07, 6.45) is 0. The molecule has 0 unspecified atom stereocenters. The highest BCUT2D eigenvalue weighted by Gasteiger charge is 2.08. The number of phenols is 2. The van der Waals surface area contributed by atoms with Crippen molar-refractivity contribution in [1.82, 2.24) is 6.15 Å². The van der Waals surface area contributed by atoms with E-state index in [1.807, 2.05) is 0 Å². The zero-order valence-electron chi connectivity index (χ0n) is 6.48. The Kier molecular flexibility index (Phi) is 3.06. The highest BCUT2D eigenvalue weighted by atomic mass is 16.4. The van der Waals surface area contributed by atoms with Crippen LogP contribution < -0.4 is 6.15 Å². The van der Waals surface area contributed by atoms with Gasteiger partial charge in [0.05, 0.1) is 0 Å². The molecular formula is C7H10NO4+. The van der Waals surface area contributed by atoms with E-state index < -0.39 is 5.97 Å². The second kappa shape index (κ2) is 3.59. The number of aromatic hydroxyl groups is 2. The smallest absolute Gasteiger partial charge is 0.339 e. The summed E-state index contributed by atoms with van der Waals surface area (Å²) in [7, 11) is 0. The third-order valence-electron chi connectivity index (χ3n) is 1.21. The van der Waals surface area contributed by atoms with Gasteiger partial charge in [0.25, 0.3) is 0 Å². The normalized spacial score (nSPS) is 8.67. The molecular weight excluding hydrogens is 162 g/mol. The van der Waals surface area contributed by atoms with Gasteiger partial charge in [-0.05, 0) is 18.2 Å². The lowest BCUT2D eigenvalue weighted by atomic mass is 10.2. The first-order valence-corrected chi connectivity index (χ1v) is 2.86. The standard InChI is InChI=1S/C7H6O4.H3N/c8-4-1-2-6(9)5(3-4)7(10)11;/h1-3,8-9H,(H,10,11);1H3/p+1. The number of carboxylic acid groups (broad SMARTS) is 1. The van der Waals surface area contributed by atoms with Gasteiger partial charge in [0.1, 0.15) is 17.1 Å². The minimum Gasteiger partial charge on any atom is -0.508 e. The van der Waals surface area contributed by atoms with E-state index in [2.05, 4.69) is 0 Å². The van der Waals surface area contributed by atoms with Crippen molar-refractivity contribution in [2.45, 2.75) is 0 Å². The van der Waals surface area contributed by atoms with E-state index in [0.29, 0.717) is 0 Å². The molecule has 0 fully saturated rings. The number of benzene rings is 1. The molecule has 0 atom stereocenters. The maximum Gasteiger partial charge on any atom is 0.339 e. The molecule has 0 saturated heterocycles. The first-order chi connectivity index (χ1) is 5.11. The predicted molar refractivity (Wildman–Crippen MR) is 42.7 cm³/mol. The summed E-state index contributed by atoms with van der Waals surface area (Å²) in [4.78, 5) is 10.3. The zero-order valence-corrected chi connectivity index (χ0v) is 6.48. The summed E-state index contributed by atoms with van der Waals surface area (Å²) in [6.45, 7) is 0. The predicted octanol–water partition coefficient (Wildman–Crippen LogP) is 1.17. The molecule has 0 saturated carbocycles. The number of hydrogen-bond donors (Lipinski definition) is 4. The average molecular weight is 172 g/mol. The van der Waals surface area contributed by atoms with Gasteiger partial charge in [0.15, 0.2) is 0 Å². The Bertz CT molecular complexity index is 297. The van der Waals surface area contributed by atoms with Gasteiger partial charge in [0, 0.05) is 0 Å². The Morgan fingerprint density at radius 1 is 1.25 bits per heavy atom. The van der Waals surface area contributed by atoms with E-state index in [4.69, 9.17) is 15.3 Å². The minimum atomic E-state index is -1.27. The van der Waals surface area contributed by atoms with Gasteiger partial charge in [-0.2, -0.15) is 0 Å². The maximum absolute atomic E-state index is 10.3. The van der Waals surface area contributed by atoms with E-state index in [0.717, 1.165) is 12.1 Å². The van der Waals surface area contributed by atoms with Crippen LogP contribution in [0.4, 0.5) is 0 Å². The van der Waals surface area contributed by atoms with Gasteiger partial charge in [-0.3, -0.25) is 0 Å². The number of phenolic OH excluding ortho intramolecular Hbond substituents is 1. The summed E-state index contributed by atoms with van der Waals surface area (Å²) in [5, 5.41) is 26.1. The van der Waals surface area contributed by atoms with Crippen molar-refractivity contribution in [2.24, 2.45) is 0 Å². The molecule has 0 spiro atoms. The minimum absolute atomic E-state index is 0. The number of rotatable bonds is 1. The average Bonchev–Trinajstić information content (AvgIpc) is 1.94. The summed E-state index contributed by atoms with van der Waals surface area (Å²) < 4.78 is 0. The van der Waals surface area contributed by atoms with E-state index in [-0.39, 0.29) is 23.2 Å². The number of hydrogen-bond acceptors (Lipinski definition) is 3. The van der Waals surface area contributed by atoms with Crippen LogP contribution in [0.3, 0.4) is 0 Å². The number of quaternary nitrogens is 1. The third kappa shape index (κ3) is 1.86. The Labute approximate surface area is 68.5 Å². The van der Waals surface area contributed by atoms with Crippen molar-refractivity contribution in [2.75, 3.05) is 0 Å². The molecule has 1 aromatic rings. The molecule has 0 aliphatic heterocycles. The van der Waals surface area contributed by atoms with Crippen molar-refractivity contribution in [3.63, 3.8) is 0 Å². The van der Waals surface area contributed by atoms with Crippen LogP contribution in [0.5, 0.6) is 11.5 Å². The molecule has 66 valence electrons. The summed E-state index contributed by atoms with van der Waals surface area (Å²) >= 11 is 0. The molecule has 1 aromatic carbocycles.